The average molecular weight is 468 g/mol. The lowest BCUT2D eigenvalue weighted by Crippen LogP contribution is -2.40. The van der Waals surface area contributed by atoms with Gasteiger partial charge in [-0.15, -0.1) is 24.8 Å². The van der Waals surface area contributed by atoms with Gasteiger partial charge in [-0.3, -0.25) is 0 Å². The van der Waals surface area contributed by atoms with Crippen molar-refractivity contribution in [3.05, 3.63) is 120 Å². The van der Waals surface area contributed by atoms with Crippen molar-refractivity contribution in [2.75, 3.05) is 0 Å². The summed E-state index contributed by atoms with van der Waals surface area (Å²) in [5.74, 6) is 0.459. The molecule has 4 aromatic rings. The molecule has 31 heavy (non-hydrogen) atoms. The minimum atomic E-state index is -2.02. The lowest BCUT2D eigenvalue weighted by atomic mass is 10.0. The van der Waals surface area contributed by atoms with Crippen LogP contribution >= 0.6 is 32.1 Å². The number of halogens is 2. The maximum absolute atomic E-state index is 2.39. The molecule has 0 bridgehead atoms. The summed E-state index contributed by atoms with van der Waals surface area (Å²) in [7, 11) is -2.02. The summed E-state index contributed by atoms with van der Waals surface area (Å²) >= 11 is 0. The summed E-state index contributed by atoms with van der Waals surface area (Å²) in [5.41, 5.74) is 2.78. The van der Waals surface area contributed by atoms with E-state index in [1.807, 2.05) is 0 Å². The van der Waals surface area contributed by atoms with Gasteiger partial charge >= 0.3 is 0 Å². The van der Waals surface area contributed by atoms with Gasteiger partial charge in [0.05, 0.1) is 0 Å². The zero-order chi connectivity index (χ0) is 20.3. The predicted octanol–water partition coefficient (Wildman–Crippen LogP) is 6.58. The van der Waals surface area contributed by atoms with E-state index in [4.69, 9.17) is 0 Å². The van der Waals surface area contributed by atoms with Crippen LogP contribution in [0, 0.1) is 6.92 Å². The molecule has 0 aliphatic rings. The highest BCUT2D eigenvalue weighted by Gasteiger charge is 2.49. The van der Waals surface area contributed by atoms with E-state index < -0.39 is 7.26 Å². The van der Waals surface area contributed by atoms with E-state index in [1.165, 1.54) is 32.3 Å². The van der Waals surface area contributed by atoms with Crippen LogP contribution in [0.25, 0.3) is 0 Å². The van der Waals surface area contributed by atoms with E-state index in [0.717, 1.165) is 0 Å². The van der Waals surface area contributed by atoms with Gasteiger partial charge in [0, 0.05) is 0 Å². The molecule has 0 amide bonds. The van der Waals surface area contributed by atoms with Gasteiger partial charge in [0.2, 0.25) is 0 Å². The number of hydrogen-bond acceptors (Lipinski definition) is 0. The minimum absolute atomic E-state index is 0. The van der Waals surface area contributed by atoms with Crippen molar-refractivity contribution >= 4 is 53.3 Å². The molecule has 4 rings (SSSR count). The number of benzene rings is 4. The third-order valence-corrected chi connectivity index (χ3v) is 9.95. The fourth-order valence-corrected chi connectivity index (χ4v) is 8.86. The van der Waals surface area contributed by atoms with Crippen LogP contribution in [-0.4, -0.2) is 0 Å². The lowest BCUT2D eigenvalue weighted by molar-refractivity contribution is 0.872. The van der Waals surface area contributed by atoms with Gasteiger partial charge in [-0.25, -0.2) is 0 Å². The highest BCUT2D eigenvalue weighted by atomic mass is 35.5. The fourth-order valence-electron chi connectivity index (χ4n) is 4.26. The smallest absolute Gasteiger partial charge is 0.144 e. The van der Waals surface area contributed by atoms with Crippen LogP contribution in [0.5, 0.6) is 0 Å². The van der Waals surface area contributed by atoms with Crippen LogP contribution in [0.2, 0.25) is 0 Å². The first-order chi connectivity index (χ1) is 14.1. The average Bonchev–Trinajstić information content (AvgIpc) is 2.77. The molecule has 0 fully saturated rings. The summed E-state index contributed by atoms with van der Waals surface area (Å²) in [6, 6.07) is 40.4. The molecule has 0 spiro atoms. The molecule has 0 aliphatic carbocycles. The van der Waals surface area contributed by atoms with Crippen LogP contribution in [0.1, 0.15) is 30.9 Å². The van der Waals surface area contributed by atoms with Crippen LogP contribution in [-0.2, 0) is 0 Å². The summed E-state index contributed by atoms with van der Waals surface area (Å²) in [6.45, 7) is 6.82. The topological polar surface area (TPSA) is 0 Å². The van der Waals surface area contributed by atoms with Crippen molar-refractivity contribution < 1.29 is 0 Å². The first-order valence-corrected chi connectivity index (χ1v) is 12.1. The zero-order valence-electron chi connectivity index (χ0n) is 18.2. The standard InChI is InChI=1S/C28H28P.2ClH/c1-22(2)27-21-23(3)19-20-28(27)29(24-13-7-4-8-14-24,25-15-9-5-10-16-25)26-17-11-6-12-18-26;;/h4-22H,1-3H3;2*1H/q+1;;. The van der Waals surface area contributed by atoms with Gasteiger partial charge < -0.3 is 0 Å². The first-order valence-electron chi connectivity index (χ1n) is 10.3. The molecule has 0 saturated heterocycles. The summed E-state index contributed by atoms with van der Waals surface area (Å²) < 4.78 is 0. The van der Waals surface area contributed by atoms with E-state index in [1.54, 1.807) is 0 Å². The second kappa shape index (κ2) is 11.0. The molecule has 0 heterocycles. The zero-order valence-corrected chi connectivity index (χ0v) is 20.8. The second-order valence-corrected chi connectivity index (χ2v) is 11.3. The highest BCUT2D eigenvalue weighted by Crippen LogP contribution is 2.55. The minimum Gasteiger partial charge on any atom is -0.147 e. The Kier molecular flexibility index (Phi) is 8.90. The van der Waals surface area contributed by atoms with Crippen molar-refractivity contribution in [2.45, 2.75) is 26.7 Å². The monoisotopic (exact) mass is 467 g/mol. The Morgan fingerprint density at radius 1 is 0.548 bits per heavy atom. The Labute approximate surface area is 199 Å². The van der Waals surface area contributed by atoms with Crippen molar-refractivity contribution in [1.82, 2.24) is 0 Å². The van der Waals surface area contributed by atoms with Crippen molar-refractivity contribution in [3.8, 4) is 0 Å². The Hall–Kier alpha value is -2.11. The summed E-state index contributed by atoms with van der Waals surface area (Å²) in [6.07, 6.45) is 0. The number of aryl methyl sites for hydroxylation is 1. The first kappa shape index (κ1) is 25.2. The number of rotatable bonds is 5. The predicted molar refractivity (Wildman–Crippen MR) is 145 cm³/mol. The van der Waals surface area contributed by atoms with Crippen LogP contribution in [0.4, 0.5) is 0 Å². The SMILES string of the molecule is Cc1ccc([P+](c2ccccc2)(c2ccccc2)c2ccccc2)c(C(C)C)c1.Cl.Cl. The third-order valence-electron chi connectivity index (χ3n) is 5.60. The molecule has 0 nitrogen and oxygen atoms in total. The quantitative estimate of drug-likeness (QED) is 0.290. The molecule has 0 N–H and O–H groups in total. The largest absolute Gasteiger partial charge is 0.147 e. The van der Waals surface area contributed by atoms with Crippen molar-refractivity contribution in [2.24, 2.45) is 0 Å². The maximum Gasteiger partial charge on any atom is 0.144 e. The van der Waals surface area contributed by atoms with E-state index >= 15 is 0 Å². The third kappa shape index (κ3) is 4.73. The van der Waals surface area contributed by atoms with Crippen molar-refractivity contribution in [1.29, 1.82) is 0 Å². The highest BCUT2D eigenvalue weighted by molar-refractivity contribution is 8.01. The molecular weight excluding hydrogens is 438 g/mol. The Morgan fingerprint density at radius 3 is 1.29 bits per heavy atom. The maximum atomic E-state index is 2.39. The van der Waals surface area contributed by atoms with E-state index in [9.17, 15) is 0 Å². The second-order valence-electron chi connectivity index (χ2n) is 7.89. The molecule has 160 valence electrons. The van der Waals surface area contributed by atoms with Gasteiger partial charge in [-0.2, -0.15) is 0 Å². The molecule has 3 heteroatoms. The van der Waals surface area contributed by atoms with Crippen LogP contribution in [0.3, 0.4) is 0 Å². The van der Waals surface area contributed by atoms with Crippen molar-refractivity contribution in [3.63, 3.8) is 0 Å². The molecule has 0 atom stereocenters. The summed E-state index contributed by atoms with van der Waals surface area (Å²) in [4.78, 5) is 0. The fraction of sp³-hybridized carbons (Fsp3) is 0.143. The Bertz CT molecular complexity index is 981. The van der Waals surface area contributed by atoms with Gasteiger partial charge in [0.1, 0.15) is 28.5 Å². The molecule has 0 saturated carbocycles. The lowest BCUT2D eigenvalue weighted by Gasteiger charge is -2.30. The normalized spacial score (nSPS) is 10.8. The van der Waals surface area contributed by atoms with Gasteiger partial charge in [0.15, 0.2) is 0 Å². The van der Waals surface area contributed by atoms with E-state index in [2.05, 4.69) is 130 Å². The van der Waals surface area contributed by atoms with Crippen LogP contribution < -0.4 is 21.2 Å². The molecule has 0 aliphatic heterocycles. The molecule has 0 radical (unpaired) electrons. The number of hydrogen-bond donors (Lipinski definition) is 0. The Balaban J connectivity index is 0.00000171. The van der Waals surface area contributed by atoms with E-state index in [0.29, 0.717) is 5.92 Å². The van der Waals surface area contributed by atoms with Gasteiger partial charge in [-0.05, 0) is 60.9 Å². The molecule has 0 aromatic heterocycles. The summed E-state index contributed by atoms with van der Waals surface area (Å²) in [5, 5.41) is 5.69. The van der Waals surface area contributed by atoms with Gasteiger partial charge in [0.25, 0.3) is 0 Å². The van der Waals surface area contributed by atoms with Gasteiger partial charge in [-0.1, -0.05) is 86.1 Å². The molecule has 0 unspecified atom stereocenters. The molecular formula is C28H30Cl2P+. The Morgan fingerprint density at radius 2 is 0.935 bits per heavy atom. The molecule has 4 aromatic carbocycles. The van der Waals surface area contributed by atoms with E-state index in [-0.39, 0.29) is 24.8 Å². The van der Waals surface area contributed by atoms with Crippen LogP contribution in [0.15, 0.2) is 109 Å².